The second kappa shape index (κ2) is 5.97. The maximum absolute atomic E-state index is 12.6. The summed E-state index contributed by atoms with van der Waals surface area (Å²) in [6.45, 7) is 8.16. The largest absolute Gasteiger partial charge is 0.338 e. The van der Waals surface area contributed by atoms with Gasteiger partial charge < -0.3 is 10.6 Å². The maximum Gasteiger partial charge on any atom is 0.257 e. The highest BCUT2D eigenvalue weighted by Crippen LogP contribution is 2.22. The van der Waals surface area contributed by atoms with Crippen molar-refractivity contribution in [3.8, 4) is 0 Å². The van der Waals surface area contributed by atoms with E-state index in [4.69, 9.17) is 5.73 Å². The molecule has 5 nitrogen and oxygen atoms in total. The van der Waals surface area contributed by atoms with Crippen molar-refractivity contribution in [3.05, 3.63) is 29.4 Å². The number of hydrogen-bond donors (Lipinski definition) is 1. The van der Waals surface area contributed by atoms with Crippen LogP contribution in [0.2, 0.25) is 0 Å². The van der Waals surface area contributed by atoms with Gasteiger partial charge in [0.25, 0.3) is 5.91 Å². The molecule has 0 aliphatic carbocycles. The third kappa shape index (κ3) is 3.69. The van der Waals surface area contributed by atoms with Crippen LogP contribution in [-0.2, 0) is 13.0 Å². The molecule has 1 aliphatic rings. The number of amides is 1. The maximum atomic E-state index is 12.6. The van der Waals surface area contributed by atoms with Gasteiger partial charge in [0, 0.05) is 32.3 Å². The average molecular weight is 294 g/mol. The van der Waals surface area contributed by atoms with Crippen LogP contribution in [0.1, 0.15) is 36.8 Å². The Morgan fingerprint density at radius 2 is 2.24 bits per heavy atom. The fourth-order valence-electron chi connectivity index (χ4n) is 2.49. The van der Waals surface area contributed by atoms with Crippen molar-refractivity contribution >= 4 is 5.91 Å². The second-order valence-corrected chi connectivity index (χ2v) is 6.70. The van der Waals surface area contributed by atoms with Gasteiger partial charge in [-0.3, -0.25) is 9.48 Å². The van der Waals surface area contributed by atoms with Gasteiger partial charge in [0.1, 0.15) is 0 Å². The van der Waals surface area contributed by atoms with Crippen LogP contribution in [0.5, 0.6) is 0 Å². The number of nitrogens with zero attached hydrogens (tertiary/aromatic N) is 3. The molecule has 2 heterocycles. The van der Waals surface area contributed by atoms with Crippen molar-refractivity contribution in [1.29, 1.82) is 0 Å². The van der Waals surface area contributed by atoms with Crippen molar-refractivity contribution in [3.63, 3.8) is 0 Å². The first-order valence-corrected chi connectivity index (χ1v) is 7.18. The van der Waals surface area contributed by atoms with Crippen molar-refractivity contribution in [2.75, 3.05) is 19.6 Å². The molecule has 0 aromatic carbocycles. The molecule has 0 saturated heterocycles. The Labute approximate surface area is 124 Å². The lowest BCUT2D eigenvalue weighted by Gasteiger charge is -2.32. The van der Waals surface area contributed by atoms with Gasteiger partial charge in [-0.15, -0.1) is 0 Å². The summed E-state index contributed by atoms with van der Waals surface area (Å²) in [5, 5.41) is 4.37. The monoisotopic (exact) mass is 294 g/mol. The number of carbonyl (C=O) groups is 1. The van der Waals surface area contributed by atoms with E-state index in [0.29, 0.717) is 24.0 Å². The summed E-state index contributed by atoms with van der Waals surface area (Å²) >= 11 is 0. The Kier molecular flexibility index (Phi) is 4.46. The van der Waals surface area contributed by atoms with Crippen molar-refractivity contribution in [2.45, 2.75) is 33.7 Å². The Balaban J connectivity index is 2.17. The van der Waals surface area contributed by atoms with Crippen molar-refractivity contribution in [1.82, 2.24) is 14.7 Å². The van der Waals surface area contributed by atoms with E-state index < -0.39 is 0 Å². The Hall–Kier alpha value is -1.69. The van der Waals surface area contributed by atoms with Gasteiger partial charge in [0.05, 0.1) is 24.1 Å². The molecule has 2 N–H and O–H groups in total. The predicted octanol–water partition coefficient (Wildman–Crippen LogP) is 1.74. The SMILES string of the molecule is CC(C)(C)CN1CCc2nn(CC(=CF)CN)cc2C1=O. The smallest absolute Gasteiger partial charge is 0.257 e. The number of nitrogens with two attached hydrogens (primary N) is 1. The van der Waals surface area contributed by atoms with Crippen LogP contribution >= 0.6 is 0 Å². The Bertz CT molecular complexity index is 557. The zero-order valence-electron chi connectivity index (χ0n) is 12.9. The molecule has 1 aromatic rings. The number of hydrogen-bond acceptors (Lipinski definition) is 3. The summed E-state index contributed by atoms with van der Waals surface area (Å²) in [5.41, 5.74) is 7.38. The van der Waals surface area contributed by atoms with Crippen molar-refractivity contribution in [2.24, 2.45) is 11.1 Å². The van der Waals surface area contributed by atoms with Gasteiger partial charge in [-0.1, -0.05) is 20.8 Å². The minimum absolute atomic E-state index is 0.0101. The molecule has 6 heteroatoms. The lowest BCUT2D eigenvalue weighted by atomic mass is 9.94. The van der Waals surface area contributed by atoms with Gasteiger partial charge in [0.2, 0.25) is 0 Å². The van der Waals surface area contributed by atoms with Crippen LogP contribution in [0.15, 0.2) is 18.1 Å². The molecule has 1 amide bonds. The number of halogens is 1. The highest BCUT2D eigenvalue weighted by Gasteiger charge is 2.29. The van der Waals surface area contributed by atoms with Crippen LogP contribution in [-0.4, -0.2) is 40.2 Å². The minimum Gasteiger partial charge on any atom is -0.338 e. The van der Waals surface area contributed by atoms with E-state index >= 15 is 0 Å². The fourth-order valence-corrected chi connectivity index (χ4v) is 2.49. The Morgan fingerprint density at radius 3 is 2.81 bits per heavy atom. The molecule has 21 heavy (non-hydrogen) atoms. The number of carbonyl (C=O) groups excluding carboxylic acids is 1. The van der Waals surface area contributed by atoms with E-state index in [1.165, 1.54) is 0 Å². The highest BCUT2D eigenvalue weighted by atomic mass is 19.1. The summed E-state index contributed by atoms with van der Waals surface area (Å²) in [7, 11) is 0. The molecule has 0 bridgehead atoms. The van der Waals surface area contributed by atoms with E-state index in [9.17, 15) is 9.18 Å². The third-order valence-electron chi connectivity index (χ3n) is 3.42. The van der Waals surface area contributed by atoms with Crippen LogP contribution in [0.3, 0.4) is 0 Å². The third-order valence-corrected chi connectivity index (χ3v) is 3.42. The molecule has 0 spiro atoms. The topological polar surface area (TPSA) is 64.2 Å². The van der Waals surface area contributed by atoms with E-state index in [1.807, 2.05) is 4.90 Å². The summed E-state index contributed by atoms with van der Waals surface area (Å²) in [6, 6.07) is 0. The molecule has 0 saturated carbocycles. The van der Waals surface area contributed by atoms with Crippen LogP contribution in [0.25, 0.3) is 0 Å². The zero-order valence-corrected chi connectivity index (χ0v) is 12.9. The molecular weight excluding hydrogens is 271 g/mol. The summed E-state index contributed by atoms with van der Waals surface area (Å²) in [4.78, 5) is 14.4. The standard InChI is InChI=1S/C15H23FN4O/c1-15(2,3)10-19-5-4-13-12(14(19)21)9-20(18-13)8-11(6-16)7-17/h6,9H,4-5,7-8,10,17H2,1-3H3. The van der Waals surface area contributed by atoms with E-state index in [0.717, 1.165) is 18.7 Å². The molecule has 2 rings (SSSR count). The van der Waals surface area contributed by atoms with E-state index in [2.05, 4.69) is 25.9 Å². The number of rotatable bonds is 4. The van der Waals surface area contributed by atoms with Crippen molar-refractivity contribution < 1.29 is 9.18 Å². The molecular formula is C15H23FN4O. The lowest BCUT2D eigenvalue weighted by molar-refractivity contribution is 0.0677. The predicted molar refractivity (Wildman–Crippen MR) is 79.5 cm³/mol. The second-order valence-electron chi connectivity index (χ2n) is 6.70. The van der Waals surface area contributed by atoms with Crippen LogP contribution in [0.4, 0.5) is 4.39 Å². The van der Waals surface area contributed by atoms with Gasteiger partial charge in [-0.05, 0) is 11.0 Å². The van der Waals surface area contributed by atoms with Gasteiger partial charge in [-0.25, -0.2) is 4.39 Å². The molecule has 0 radical (unpaired) electrons. The lowest BCUT2D eigenvalue weighted by Crippen LogP contribution is -2.42. The Morgan fingerprint density at radius 1 is 1.52 bits per heavy atom. The summed E-state index contributed by atoms with van der Waals surface area (Å²) < 4.78 is 14.2. The molecule has 1 aliphatic heterocycles. The van der Waals surface area contributed by atoms with Gasteiger partial charge >= 0.3 is 0 Å². The van der Waals surface area contributed by atoms with Crippen LogP contribution < -0.4 is 5.73 Å². The molecule has 1 aromatic heterocycles. The average Bonchev–Trinajstić information content (AvgIpc) is 2.81. The number of fused-ring (bicyclic) bond motifs is 1. The highest BCUT2D eigenvalue weighted by molar-refractivity contribution is 5.96. The quantitative estimate of drug-likeness (QED) is 0.920. The van der Waals surface area contributed by atoms with E-state index in [1.54, 1.807) is 10.9 Å². The molecule has 0 unspecified atom stereocenters. The first kappa shape index (κ1) is 15.7. The first-order valence-electron chi connectivity index (χ1n) is 7.18. The first-order chi connectivity index (χ1) is 9.84. The summed E-state index contributed by atoms with van der Waals surface area (Å²) in [6.07, 6.45) is 2.95. The van der Waals surface area contributed by atoms with Gasteiger partial charge in [-0.2, -0.15) is 5.10 Å². The molecule has 0 atom stereocenters. The van der Waals surface area contributed by atoms with Crippen LogP contribution in [0, 0.1) is 5.41 Å². The fraction of sp³-hybridized carbons (Fsp3) is 0.600. The normalized spacial score (nSPS) is 16.3. The number of aromatic nitrogens is 2. The summed E-state index contributed by atoms with van der Waals surface area (Å²) in [5.74, 6) is 0.0101. The molecule has 0 fully saturated rings. The van der Waals surface area contributed by atoms with Gasteiger partial charge in [0.15, 0.2) is 0 Å². The van der Waals surface area contributed by atoms with E-state index in [-0.39, 0.29) is 24.4 Å². The minimum atomic E-state index is 0.0101. The zero-order chi connectivity index (χ0) is 15.6. The molecule has 116 valence electrons.